The molecule has 2 aromatic rings. The van der Waals surface area contributed by atoms with Crippen LogP contribution in [0.3, 0.4) is 0 Å². The van der Waals surface area contributed by atoms with E-state index in [0.717, 1.165) is 12.1 Å². The molecule has 0 bridgehead atoms. The lowest BCUT2D eigenvalue weighted by atomic mass is 9.90. The van der Waals surface area contributed by atoms with Gasteiger partial charge in [-0.2, -0.15) is 4.98 Å². The zero-order valence-electron chi connectivity index (χ0n) is 12.5. The van der Waals surface area contributed by atoms with Crippen LogP contribution in [0.4, 0.5) is 5.69 Å². The van der Waals surface area contributed by atoms with Gasteiger partial charge in [0.15, 0.2) is 5.82 Å². The van der Waals surface area contributed by atoms with E-state index in [9.17, 15) is 4.79 Å². The third-order valence-corrected chi connectivity index (χ3v) is 3.82. The van der Waals surface area contributed by atoms with Crippen molar-refractivity contribution in [1.82, 2.24) is 10.1 Å². The Morgan fingerprint density at radius 3 is 2.95 bits per heavy atom. The Kier molecular flexibility index (Phi) is 4.48. The van der Waals surface area contributed by atoms with Crippen molar-refractivity contribution in [1.29, 1.82) is 0 Å². The first-order valence-corrected chi connectivity index (χ1v) is 7.47. The average Bonchev–Trinajstić information content (AvgIpc) is 2.97. The average molecular weight is 301 g/mol. The Hall–Kier alpha value is -2.21. The molecule has 0 spiro atoms. The molecule has 6 heteroatoms. The molecule has 2 heterocycles. The fourth-order valence-electron chi connectivity index (χ4n) is 2.61. The lowest BCUT2D eigenvalue weighted by Crippen LogP contribution is -2.23. The number of carbonyl (C=O) groups excluding carboxylic acids is 1. The smallest absolute Gasteiger partial charge is 0.232 e. The molecule has 116 valence electrons. The second-order valence-corrected chi connectivity index (χ2v) is 5.59. The van der Waals surface area contributed by atoms with Crippen molar-refractivity contribution in [3.63, 3.8) is 0 Å². The van der Waals surface area contributed by atoms with E-state index in [2.05, 4.69) is 22.4 Å². The first-order chi connectivity index (χ1) is 10.7. The van der Waals surface area contributed by atoms with E-state index < -0.39 is 0 Å². The summed E-state index contributed by atoms with van der Waals surface area (Å²) in [4.78, 5) is 16.4. The lowest BCUT2D eigenvalue weighted by Gasteiger charge is -2.25. The topological polar surface area (TPSA) is 77.2 Å². The van der Waals surface area contributed by atoms with Gasteiger partial charge in [0, 0.05) is 24.8 Å². The summed E-state index contributed by atoms with van der Waals surface area (Å²) in [5, 5.41) is 6.73. The number of nitrogens with zero attached hydrogens (tertiary/aromatic N) is 2. The molecule has 1 aliphatic rings. The van der Waals surface area contributed by atoms with E-state index in [1.165, 1.54) is 0 Å². The fraction of sp³-hybridized carbons (Fsp3) is 0.438. The van der Waals surface area contributed by atoms with Crippen molar-refractivity contribution in [3.8, 4) is 0 Å². The van der Waals surface area contributed by atoms with E-state index in [1.807, 2.05) is 30.3 Å². The first kappa shape index (κ1) is 14.7. The van der Waals surface area contributed by atoms with Gasteiger partial charge >= 0.3 is 0 Å². The van der Waals surface area contributed by atoms with Crippen LogP contribution in [0.2, 0.25) is 0 Å². The van der Waals surface area contributed by atoms with Crippen molar-refractivity contribution < 1.29 is 14.1 Å². The van der Waals surface area contributed by atoms with Gasteiger partial charge in [0.2, 0.25) is 11.8 Å². The summed E-state index contributed by atoms with van der Waals surface area (Å²) in [5.41, 5.74) is 0.759. The summed E-state index contributed by atoms with van der Waals surface area (Å²) in [7, 11) is 0. The van der Waals surface area contributed by atoms with Gasteiger partial charge in [0.1, 0.15) is 0 Å². The number of nitrogens with one attached hydrogen (secondary N) is 1. The molecular formula is C16H19N3O3. The van der Waals surface area contributed by atoms with Gasteiger partial charge in [-0.3, -0.25) is 4.79 Å². The Morgan fingerprint density at radius 2 is 2.18 bits per heavy atom. The van der Waals surface area contributed by atoms with E-state index in [4.69, 9.17) is 9.26 Å². The van der Waals surface area contributed by atoms with Crippen LogP contribution in [0.25, 0.3) is 0 Å². The molecule has 1 fully saturated rings. The third-order valence-electron chi connectivity index (χ3n) is 3.82. The number of rotatable bonds is 4. The van der Waals surface area contributed by atoms with Gasteiger partial charge < -0.3 is 14.6 Å². The number of amides is 1. The Morgan fingerprint density at radius 1 is 1.36 bits per heavy atom. The zero-order chi connectivity index (χ0) is 15.4. The largest absolute Gasteiger partial charge is 0.381 e. The highest BCUT2D eigenvalue weighted by Gasteiger charge is 2.28. The van der Waals surface area contributed by atoms with Crippen molar-refractivity contribution in [2.75, 3.05) is 18.5 Å². The molecule has 0 aliphatic carbocycles. The Labute approximate surface area is 128 Å². The Balaban J connectivity index is 1.60. The molecule has 3 rings (SSSR count). The number of para-hydroxylation sites is 1. The molecule has 1 aliphatic heterocycles. The zero-order valence-corrected chi connectivity index (χ0v) is 12.5. The number of ether oxygens (including phenoxy) is 1. The molecule has 0 saturated carbocycles. The predicted octanol–water partition coefficient (Wildman–Crippen LogP) is 2.39. The van der Waals surface area contributed by atoms with Crippen LogP contribution in [0.1, 0.15) is 31.0 Å². The number of hydrogen-bond donors (Lipinski definition) is 1. The molecule has 1 saturated heterocycles. The highest BCUT2D eigenvalue weighted by Crippen LogP contribution is 2.30. The van der Waals surface area contributed by atoms with Crippen LogP contribution in [0.5, 0.6) is 0 Å². The van der Waals surface area contributed by atoms with E-state index >= 15 is 0 Å². The van der Waals surface area contributed by atoms with Gasteiger partial charge in [-0.25, -0.2) is 0 Å². The van der Waals surface area contributed by atoms with Gasteiger partial charge in [-0.1, -0.05) is 30.3 Å². The molecule has 2 unspecified atom stereocenters. The summed E-state index contributed by atoms with van der Waals surface area (Å²) in [6.07, 6.45) is 0.981. The molecule has 1 aromatic heterocycles. The maximum absolute atomic E-state index is 12.0. The SMILES string of the molecule is CC1COCCC1c1nc(CC(=O)Nc2ccccc2)no1. The van der Waals surface area contributed by atoms with Crippen LogP contribution in [-0.4, -0.2) is 29.3 Å². The van der Waals surface area contributed by atoms with Crippen LogP contribution in [0.15, 0.2) is 34.9 Å². The minimum atomic E-state index is -0.154. The highest BCUT2D eigenvalue weighted by molar-refractivity contribution is 5.91. The van der Waals surface area contributed by atoms with E-state index in [0.29, 0.717) is 30.8 Å². The summed E-state index contributed by atoms with van der Waals surface area (Å²) in [6, 6.07) is 9.31. The summed E-state index contributed by atoms with van der Waals surface area (Å²) < 4.78 is 10.7. The maximum Gasteiger partial charge on any atom is 0.232 e. The molecule has 1 N–H and O–H groups in total. The number of benzene rings is 1. The molecule has 1 aromatic carbocycles. The quantitative estimate of drug-likeness (QED) is 0.938. The molecule has 2 atom stereocenters. The highest BCUT2D eigenvalue weighted by atomic mass is 16.5. The summed E-state index contributed by atoms with van der Waals surface area (Å²) in [5.74, 6) is 1.44. The minimum Gasteiger partial charge on any atom is -0.381 e. The molecule has 22 heavy (non-hydrogen) atoms. The number of carbonyl (C=O) groups is 1. The van der Waals surface area contributed by atoms with Crippen molar-refractivity contribution >= 4 is 11.6 Å². The molecule has 1 amide bonds. The number of aromatic nitrogens is 2. The standard InChI is InChI=1S/C16H19N3O3/c1-11-10-21-8-7-13(11)16-18-14(19-22-16)9-15(20)17-12-5-3-2-4-6-12/h2-6,11,13H,7-10H2,1H3,(H,17,20). The van der Waals surface area contributed by atoms with Gasteiger partial charge in [-0.05, 0) is 24.5 Å². The number of anilines is 1. The molecule has 6 nitrogen and oxygen atoms in total. The van der Waals surface area contributed by atoms with Crippen molar-refractivity contribution in [2.45, 2.75) is 25.7 Å². The molecule has 0 radical (unpaired) electrons. The number of hydrogen-bond acceptors (Lipinski definition) is 5. The normalized spacial score (nSPS) is 21.5. The van der Waals surface area contributed by atoms with Crippen LogP contribution < -0.4 is 5.32 Å². The lowest BCUT2D eigenvalue weighted by molar-refractivity contribution is -0.115. The van der Waals surface area contributed by atoms with Crippen LogP contribution in [0, 0.1) is 5.92 Å². The first-order valence-electron chi connectivity index (χ1n) is 7.47. The molecular weight excluding hydrogens is 282 g/mol. The van der Waals surface area contributed by atoms with E-state index in [-0.39, 0.29) is 18.2 Å². The summed E-state index contributed by atoms with van der Waals surface area (Å²) >= 11 is 0. The Bertz CT molecular complexity index is 627. The van der Waals surface area contributed by atoms with E-state index in [1.54, 1.807) is 0 Å². The summed E-state index contributed by atoms with van der Waals surface area (Å²) in [6.45, 7) is 3.52. The second kappa shape index (κ2) is 6.70. The van der Waals surface area contributed by atoms with Crippen LogP contribution in [-0.2, 0) is 16.0 Å². The monoisotopic (exact) mass is 301 g/mol. The maximum atomic E-state index is 12.0. The second-order valence-electron chi connectivity index (χ2n) is 5.59. The third kappa shape index (κ3) is 3.51. The van der Waals surface area contributed by atoms with Crippen LogP contribution >= 0.6 is 0 Å². The van der Waals surface area contributed by atoms with Gasteiger partial charge in [-0.15, -0.1) is 0 Å². The van der Waals surface area contributed by atoms with Gasteiger partial charge in [0.25, 0.3) is 0 Å². The minimum absolute atomic E-state index is 0.107. The van der Waals surface area contributed by atoms with Crippen molar-refractivity contribution in [3.05, 3.63) is 42.0 Å². The fourth-order valence-corrected chi connectivity index (χ4v) is 2.61. The van der Waals surface area contributed by atoms with Gasteiger partial charge in [0.05, 0.1) is 6.42 Å². The predicted molar refractivity (Wildman–Crippen MR) is 80.4 cm³/mol. The van der Waals surface area contributed by atoms with Crippen molar-refractivity contribution in [2.24, 2.45) is 5.92 Å².